The second-order valence-electron chi connectivity index (χ2n) is 5.20. The number of benzene rings is 1. The summed E-state index contributed by atoms with van der Waals surface area (Å²) >= 11 is 0. The first kappa shape index (κ1) is 12.8. The molecule has 0 atom stereocenters. The molecule has 3 aromatic heterocycles. The Balaban J connectivity index is 2.03. The molecule has 0 saturated heterocycles. The van der Waals surface area contributed by atoms with Gasteiger partial charge in [0, 0.05) is 23.2 Å². The Hall–Kier alpha value is -2.96. The number of hydrogen-bond donors (Lipinski definition) is 2. The third-order valence-corrected chi connectivity index (χ3v) is 3.88. The van der Waals surface area contributed by atoms with E-state index in [4.69, 9.17) is 5.73 Å². The van der Waals surface area contributed by atoms with Crippen LogP contribution >= 0.6 is 0 Å². The number of aryl methyl sites for hydroxylation is 2. The molecule has 0 aliphatic heterocycles. The van der Waals surface area contributed by atoms with Crippen molar-refractivity contribution in [1.29, 1.82) is 0 Å². The standard InChI is InChI=1S/C15H15N7/c1-3-22-15-12(14(16)17-7-18-15)13(21-22)9-4-5-10-8(2)19-20-11(10)6-9/h4-7H,3H2,1-2H3,(H,19,20)(H2,16,17,18). The molecule has 110 valence electrons. The summed E-state index contributed by atoms with van der Waals surface area (Å²) in [5, 5.41) is 13.8. The average Bonchev–Trinajstić information content (AvgIpc) is 3.09. The summed E-state index contributed by atoms with van der Waals surface area (Å²) in [6.07, 6.45) is 1.47. The van der Waals surface area contributed by atoms with E-state index in [9.17, 15) is 0 Å². The third kappa shape index (κ3) is 1.68. The SMILES string of the molecule is CCn1nc(-c2ccc3c(C)[nH]nc3c2)c2c(N)ncnc21. The van der Waals surface area contributed by atoms with Crippen LogP contribution in [0, 0.1) is 6.92 Å². The molecule has 0 radical (unpaired) electrons. The van der Waals surface area contributed by atoms with Crippen LogP contribution in [0.3, 0.4) is 0 Å². The number of nitrogens with zero attached hydrogens (tertiary/aromatic N) is 5. The van der Waals surface area contributed by atoms with Crippen LogP contribution in [0.15, 0.2) is 24.5 Å². The van der Waals surface area contributed by atoms with Gasteiger partial charge in [0.15, 0.2) is 5.65 Å². The van der Waals surface area contributed by atoms with Crippen LogP contribution in [0.25, 0.3) is 33.2 Å². The Bertz CT molecular complexity index is 996. The number of anilines is 1. The van der Waals surface area contributed by atoms with Gasteiger partial charge in [0.25, 0.3) is 0 Å². The molecule has 0 spiro atoms. The first-order valence-electron chi connectivity index (χ1n) is 7.11. The first-order chi connectivity index (χ1) is 10.7. The highest BCUT2D eigenvalue weighted by Gasteiger charge is 2.17. The number of nitrogen functional groups attached to an aromatic ring is 1. The Morgan fingerprint density at radius 2 is 2.14 bits per heavy atom. The largest absolute Gasteiger partial charge is 0.383 e. The average molecular weight is 293 g/mol. The van der Waals surface area contributed by atoms with E-state index >= 15 is 0 Å². The second kappa shape index (κ2) is 4.52. The molecule has 0 aliphatic carbocycles. The van der Waals surface area contributed by atoms with E-state index in [1.165, 1.54) is 6.33 Å². The quantitative estimate of drug-likeness (QED) is 0.591. The van der Waals surface area contributed by atoms with Crippen molar-refractivity contribution in [2.75, 3.05) is 5.73 Å². The van der Waals surface area contributed by atoms with Gasteiger partial charge in [0.05, 0.1) is 10.9 Å². The highest BCUT2D eigenvalue weighted by molar-refractivity contribution is 5.99. The van der Waals surface area contributed by atoms with E-state index in [-0.39, 0.29) is 0 Å². The number of rotatable bonds is 2. The molecule has 0 saturated carbocycles. The van der Waals surface area contributed by atoms with Gasteiger partial charge in [-0.25, -0.2) is 14.6 Å². The van der Waals surface area contributed by atoms with Crippen LogP contribution in [0.1, 0.15) is 12.6 Å². The zero-order chi connectivity index (χ0) is 15.3. The van der Waals surface area contributed by atoms with Crippen molar-refractivity contribution in [3.63, 3.8) is 0 Å². The molecule has 4 rings (SSSR count). The molecular weight excluding hydrogens is 278 g/mol. The number of nitrogens with one attached hydrogen (secondary N) is 1. The van der Waals surface area contributed by atoms with Gasteiger partial charge in [0.2, 0.25) is 0 Å². The maximum absolute atomic E-state index is 6.05. The van der Waals surface area contributed by atoms with Gasteiger partial charge in [-0.15, -0.1) is 0 Å². The molecule has 0 fully saturated rings. The van der Waals surface area contributed by atoms with E-state index in [0.29, 0.717) is 5.82 Å². The van der Waals surface area contributed by atoms with E-state index < -0.39 is 0 Å². The number of fused-ring (bicyclic) bond motifs is 2. The second-order valence-corrected chi connectivity index (χ2v) is 5.20. The van der Waals surface area contributed by atoms with Crippen molar-refractivity contribution in [1.82, 2.24) is 29.9 Å². The number of aromatic nitrogens is 6. The Morgan fingerprint density at radius 3 is 2.95 bits per heavy atom. The number of aromatic amines is 1. The fraction of sp³-hybridized carbons (Fsp3) is 0.200. The first-order valence-corrected chi connectivity index (χ1v) is 7.11. The van der Waals surface area contributed by atoms with Crippen molar-refractivity contribution in [2.45, 2.75) is 20.4 Å². The molecular formula is C15H15N7. The summed E-state index contributed by atoms with van der Waals surface area (Å²) in [5.41, 5.74) is 10.5. The molecule has 3 N–H and O–H groups in total. The van der Waals surface area contributed by atoms with Gasteiger partial charge in [0.1, 0.15) is 17.8 Å². The summed E-state index contributed by atoms with van der Waals surface area (Å²) < 4.78 is 1.84. The van der Waals surface area contributed by atoms with Gasteiger partial charge in [-0.05, 0) is 19.9 Å². The Labute approximate surface area is 126 Å². The minimum absolute atomic E-state index is 0.443. The number of H-pyrrole nitrogens is 1. The zero-order valence-electron chi connectivity index (χ0n) is 12.3. The summed E-state index contributed by atoms with van der Waals surface area (Å²) in [6.45, 7) is 4.74. The lowest BCUT2D eigenvalue weighted by molar-refractivity contribution is 0.679. The molecule has 4 aromatic rings. The van der Waals surface area contributed by atoms with Crippen molar-refractivity contribution in [3.05, 3.63) is 30.2 Å². The van der Waals surface area contributed by atoms with Crippen LogP contribution in [-0.2, 0) is 6.54 Å². The van der Waals surface area contributed by atoms with Crippen molar-refractivity contribution >= 4 is 27.8 Å². The van der Waals surface area contributed by atoms with E-state index in [1.807, 2.05) is 36.7 Å². The minimum atomic E-state index is 0.443. The summed E-state index contributed by atoms with van der Waals surface area (Å²) in [4.78, 5) is 8.41. The lowest BCUT2D eigenvalue weighted by Gasteiger charge is -1.99. The Morgan fingerprint density at radius 1 is 1.27 bits per heavy atom. The topological polar surface area (TPSA) is 98.3 Å². The summed E-state index contributed by atoms with van der Waals surface area (Å²) in [7, 11) is 0. The van der Waals surface area contributed by atoms with Crippen LogP contribution in [0.4, 0.5) is 5.82 Å². The van der Waals surface area contributed by atoms with Crippen LogP contribution in [0.2, 0.25) is 0 Å². The molecule has 7 nitrogen and oxygen atoms in total. The highest BCUT2D eigenvalue weighted by Crippen LogP contribution is 2.31. The van der Waals surface area contributed by atoms with Gasteiger partial charge < -0.3 is 5.73 Å². The van der Waals surface area contributed by atoms with Crippen molar-refractivity contribution in [3.8, 4) is 11.3 Å². The lowest BCUT2D eigenvalue weighted by atomic mass is 10.1. The van der Waals surface area contributed by atoms with Crippen molar-refractivity contribution in [2.24, 2.45) is 0 Å². The molecule has 0 amide bonds. The van der Waals surface area contributed by atoms with Crippen LogP contribution < -0.4 is 5.73 Å². The molecule has 0 aliphatic rings. The Kier molecular flexibility index (Phi) is 2.62. The predicted molar refractivity (Wildman–Crippen MR) is 85.2 cm³/mol. The van der Waals surface area contributed by atoms with Gasteiger partial charge in [-0.3, -0.25) is 5.10 Å². The van der Waals surface area contributed by atoms with E-state index in [1.54, 1.807) is 0 Å². The van der Waals surface area contributed by atoms with Crippen LogP contribution in [0.5, 0.6) is 0 Å². The third-order valence-electron chi connectivity index (χ3n) is 3.88. The zero-order valence-corrected chi connectivity index (χ0v) is 12.3. The summed E-state index contributed by atoms with van der Waals surface area (Å²) in [5.74, 6) is 0.443. The van der Waals surface area contributed by atoms with E-state index in [0.717, 1.165) is 45.4 Å². The molecule has 0 unspecified atom stereocenters. The smallest absolute Gasteiger partial charge is 0.163 e. The van der Waals surface area contributed by atoms with Gasteiger partial charge >= 0.3 is 0 Å². The fourth-order valence-corrected chi connectivity index (χ4v) is 2.75. The van der Waals surface area contributed by atoms with E-state index in [2.05, 4.69) is 25.3 Å². The minimum Gasteiger partial charge on any atom is -0.383 e. The maximum atomic E-state index is 6.05. The number of hydrogen-bond acceptors (Lipinski definition) is 5. The predicted octanol–water partition coefficient (Wildman–Crippen LogP) is 2.28. The van der Waals surface area contributed by atoms with Gasteiger partial charge in [-0.2, -0.15) is 10.2 Å². The highest BCUT2D eigenvalue weighted by atomic mass is 15.3. The lowest BCUT2D eigenvalue weighted by Crippen LogP contribution is -1.98. The summed E-state index contributed by atoms with van der Waals surface area (Å²) in [6, 6.07) is 6.08. The maximum Gasteiger partial charge on any atom is 0.163 e. The fourth-order valence-electron chi connectivity index (χ4n) is 2.75. The molecule has 7 heteroatoms. The normalized spacial score (nSPS) is 11.5. The molecule has 1 aromatic carbocycles. The van der Waals surface area contributed by atoms with Crippen molar-refractivity contribution < 1.29 is 0 Å². The number of nitrogens with two attached hydrogens (primary N) is 1. The van der Waals surface area contributed by atoms with Crippen LogP contribution in [-0.4, -0.2) is 29.9 Å². The van der Waals surface area contributed by atoms with Gasteiger partial charge in [-0.1, -0.05) is 12.1 Å². The molecule has 3 heterocycles. The molecule has 22 heavy (non-hydrogen) atoms. The monoisotopic (exact) mass is 293 g/mol. The molecule has 0 bridgehead atoms.